The number of fused-ring (bicyclic) bond motifs is 1. The van der Waals surface area contributed by atoms with Gasteiger partial charge in [0.1, 0.15) is 24.7 Å². The number of benzene rings is 2. The largest absolute Gasteiger partial charge is 0.507 e. The molecule has 0 spiro atoms. The summed E-state index contributed by atoms with van der Waals surface area (Å²) in [7, 11) is 3.82. The maximum atomic E-state index is 13.3. The van der Waals surface area contributed by atoms with Gasteiger partial charge in [-0.25, -0.2) is 0 Å². The third-order valence-corrected chi connectivity index (χ3v) is 6.33. The molecule has 0 radical (unpaired) electrons. The molecule has 1 saturated heterocycles. The van der Waals surface area contributed by atoms with Crippen LogP contribution in [0.3, 0.4) is 0 Å². The number of rotatable bonds is 10. The van der Waals surface area contributed by atoms with Gasteiger partial charge in [-0.15, -0.1) is 0 Å². The van der Waals surface area contributed by atoms with Crippen molar-refractivity contribution < 1.29 is 28.9 Å². The molecular formula is C28H34N2O6. The van der Waals surface area contributed by atoms with Crippen LogP contribution < -0.4 is 14.2 Å². The predicted octanol–water partition coefficient (Wildman–Crippen LogP) is 4.01. The molecule has 8 heteroatoms. The van der Waals surface area contributed by atoms with E-state index in [-0.39, 0.29) is 11.3 Å². The highest BCUT2D eigenvalue weighted by atomic mass is 16.6. The first-order valence-electron chi connectivity index (χ1n) is 12.5. The summed E-state index contributed by atoms with van der Waals surface area (Å²) in [5, 5.41) is 11.3. The summed E-state index contributed by atoms with van der Waals surface area (Å²) in [5.74, 6) is 0.161. The number of ether oxygens (including phenoxy) is 3. The van der Waals surface area contributed by atoms with Gasteiger partial charge in [-0.1, -0.05) is 31.9 Å². The number of hydrogen-bond donors (Lipinski definition) is 1. The number of likely N-dealkylation sites (N-methyl/N-ethyl adjacent to an activating group) is 1. The molecule has 0 unspecified atom stereocenters. The first-order valence-corrected chi connectivity index (χ1v) is 12.5. The summed E-state index contributed by atoms with van der Waals surface area (Å²) < 4.78 is 17.2. The Morgan fingerprint density at radius 2 is 1.86 bits per heavy atom. The molecule has 2 aromatic carbocycles. The molecule has 8 nitrogen and oxygen atoms in total. The van der Waals surface area contributed by atoms with Gasteiger partial charge in [-0.3, -0.25) is 9.59 Å². The number of aliphatic hydroxyl groups excluding tert-OH is 1. The number of unbranched alkanes of at least 4 members (excludes halogenated alkanes) is 2. The van der Waals surface area contributed by atoms with Crippen LogP contribution in [-0.2, 0) is 9.59 Å². The van der Waals surface area contributed by atoms with Crippen LogP contribution in [0.1, 0.15) is 43.4 Å². The maximum Gasteiger partial charge on any atom is 0.295 e. The van der Waals surface area contributed by atoms with Crippen LogP contribution >= 0.6 is 0 Å². The Morgan fingerprint density at radius 3 is 2.61 bits per heavy atom. The van der Waals surface area contributed by atoms with E-state index < -0.39 is 17.7 Å². The van der Waals surface area contributed by atoms with Crippen molar-refractivity contribution in [1.29, 1.82) is 0 Å². The topological polar surface area (TPSA) is 88.5 Å². The molecule has 2 aliphatic rings. The molecule has 192 valence electrons. The molecule has 4 rings (SSSR count). The minimum atomic E-state index is -0.739. The molecule has 1 amide bonds. The lowest BCUT2D eigenvalue weighted by Crippen LogP contribution is -2.35. The lowest BCUT2D eigenvalue weighted by atomic mass is 9.95. The van der Waals surface area contributed by atoms with Crippen LogP contribution in [0.5, 0.6) is 17.2 Å². The molecule has 1 fully saturated rings. The number of likely N-dealkylation sites (tertiary alicyclic amines) is 1. The van der Waals surface area contributed by atoms with Crippen molar-refractivity contribution >= 4 is 17.4 Å². The SMILES string of the molecule is CCCCCOc1cccc([C@@H]2/C(=C(\O)c3ccc4c(c3)OCCO4)C(=O)C(=O)N2CCN(C)C)c1. The molecule has 2 aliphatic heterocycles. The molecule has 0 aromatic heterocycles. The van der Waals surface area contributed by atoms with Gasteiger partial charge in [0.15, 0.2) is 11.5 Å². The molecule has 1 N–H and O–H groups in total. The number of hydrogen-bond acceptors (Lipinski definition) is 7. The summed E-state index contributed by atoms with van der Waals surface area (Å²) in [6, 6.07) is 11.7. The van der Waals surface area contributed by atoms with E-state index in [0.717, 1.165) is 19.3 Å². The molecule has 0 bridgehead atoms. The summed E-state index contributed by atoms with van der Waals surface area (Å²) in [6.45, 7) is 4.49. The van der Waals surface area contributed by atoms with Crippen LogP contribution in [0.25, 0.3) is 5.76 Å². The zero-order valence-corrected chi connectivity index (χ0v) is 21.2. The van der Waals surface area contributed by atoms with Crippen molar-refractivity contribution in [3.8, 4) is 17.2 Å². The van der Waals surface area contributed by atoms with E-state index in [4.69, 9.17) is 14.2 Å². The molecule has 2 aromatic rings. The molecule has 0 saturated carbocycles. The Labute approximate surface area is 212 Å². The van der Waals surface area contributed by atoms with Crippen molar-refractivity contribution in [2.45, 2.75) is 32.2 Å². The summed E-state index contributed by atoms with van der Waals surface area (Å²) in [4.78, 5) is 29.9. The number of nitrogens with zero attached hydrogens (tertiary/aromatic N) is 2. The Bertz CT molecular complexity index is 1140. The van der Waals surface area contributed by atoms with Gasteiger partial charge in [-0.2, -0.15) is 0 Å². The van der Waals surface area contributed by atoms with E-state index in [1.165, 1.54) is 4.90 Å². The number of amides is 1. The van der Waals surface area contributed by atoms with Gasteiger partial charge in [0.2, 0.25) is 0 Å². The minimum Gasteiger partial charge on any atom is -0.507 e. The van der Waals surface area contributed by atoms with Crippen molar-refractivity contribution in [3.05, 3.63) is 59.2 Å². The van der Waals surface area contributed by atoms with Gasteiger partial charge in [0.05, 0.1) is 18.2 Å². The minimum absolute atomic E-state index is 0.0542. The Balaban J connectivity index is 1.74. The lowest BCUT2D eigenvalue weighted by Gasteiger charge is -2.27. The van der Waals surface area contributed by atoms with Crippen molar-refractivity contribution in [3.63, 3.8) is 0 Å². The van der Waals surface area contributed by atoms with Crippen LogP contribution in [0.2, 0.25) is 0 Å². The van der Waals surface area contributed by atoms with Gasteiger partial charge >= 0.3 is 0 Å². The van der Waals surface area contributed by atoms with E-state index in [2.05, 4.69) is 6.92 Å². The first kappa shape index (κ1) is 25.6. The molecular weight excluding hydrogens is 460 g/mol. The van der Waals surface area contributed by atoms with Gasteiger partial charge in [0, 0.05) is 18.7 Å². The van der Waals surface area contributed by atoms with Crippen LogP contribution in [0.4, 0.5) is 0 Å². The molecule has 2 heterocycles. The number of carbonyl (C=O) groups excluding carboxylic acids is 2. The Kier molecular flexibility index (Phi) is 8.15. The van der Waals surface area contributed by atoms with E-state index in [1.807, 2.05) is 43.3 Å². The quantitative estimate of drug-likeness (QED) is 0.231. The molecule has 36 heavy (non-hydrogen) atoms. The lowest BCUT2D eigenvalue weighted by molar-refractivity contribution is -0.140. The predicted molar refractivity (Wildman–Crippen MR) is 136 cm³/mol. The monoisotopic (exact) mass is 494 g/mol. The van der Waals surface area contributed by atoms with E-state index >= 15 is 0 Å². The van der Waals surface area contributed by atoms with Gasteiger partial charge in [-0.05, 0) is 56.4 Å². The highest BCUT2D eigenvalue weighted by molar-refractivity contribution is 6.46. The molecule has 0 aliphatic carbocycles. The second-order valence-electron chi connectivity index (χ2n) is 9.28. The third kappa shape index (κ3) is 5.49. The number of Topliss-reactive ketones (excluding diaryl/α,β-unsaturated/α-hetero) is 1. The van der Waals surface area contributed by atoms with Gasteiger partial charge in [0.25, 0.3) is 11.7 Å². The fourth-order valence-corrected chi connectivity index (χ4v) is 4.43. The summed E-state index contributed by atoms with van der Waals surface area (Å²) >= 11 is 0. The van der Waals surface area contributed by atoms with Crippen molar-refractivity contribution in [1.82, 2.24) is 9.80 Å². The van der Waals surface area contributed by atoms with E-state index in [0.29, 0.717) is 61.3 Å². The fourth-order valence-electron chi connectivity index (χ4n) is 4.43. The zero-order valence-electron chi connectivity index (χ0n) is 21.2. The number of ketones is 1. The number of aliphatic hydroxyl groups is 1. The Morgan fingerprint density at radius 1 is 1.08 bits per heavy atom. The van der Waals surface area contributed by atoms with Crippen molar-refractivity contribution in [2.75, 3.05) is 47.0 Å². The first-order chi connectivity index (χ1) is 17.4. The smallest absolute Gasteiger partial charge is 0.295 e. The fraction of sp³-hybridized carbons (Fsp3) is 0.429. The summed E-state index contributed by atoms with van der Waals surface area (Å²) in [6.07, 6.45) is 3.13. The van der Waals surface area contributed by atoms with Crippen molar-refractivity contribution in [2.24, 2.45) is 0 Å². The van der Waals surface area contributed by atoms with E-state index in [9.17, 15) is 14.7 Å². The standard InChI is InChI=1S/C28H34N2O6/c1-4-5-6-14-34-21-9-7-8-19(17-21)25-24(27(32)28(33)30(25)13-12-29(2)3)26(31)20-10-11-22-23(18-20)36-16-15-35-22/h7-11,17-18,25,31H,4-6,12-16H2,1-3H3/b26-24+/t25-/m1/s1. The van der Waals surface area contributed by atoms with Crippen LogP contribution in [0.15, 0.2) is 48.0 Å². The second-order valence-corrected chi connectivity index (χ2v) is 9.28. The van der Waals surface area contributed by atoms with Crippen LogP contribution in [-0.4, -0.2) is 73.6 Å². The van der Waals surface area contributed by atoms with Crippen LogP contribution in [0, 0.1) is 0 Å². The number of carbonyl (C=O) groups is 2. The average molecular weight is 495 g/mol. The van der Waals surface area contributed by atoms with Gasteiger partial charge < -0.3 is 29.1 Å². The zero-order chi connectivity index (χ0) is 25.7. The summed E-state index contributed by atoms with van der Waals surface area (Å²) in [5.41, 5.74) is 1.15. The molecule has 1 atom stereocenters. The van der Waals surface area contributed by atoms with E-state index in [1.54, 1.807) is 18.2 Å². The highest BCUT2D eigenvalue weighted by Crippen LogP contribution is 2.41. The third-order valence-electron chi connectivity index (χ3n) is 6.33. The average Bonchev–Trinajstić information content (AvgIpc) is 3.14. The second kappa shape index (κ2) is 11.5. The normalized spacial score (nSPS) is 18.7. The Hall–Kier alpha value is -3.52. The highest BCUT2D eigenvalue weighted by Gasteiger charge is 2.46. The maximum absolute atomic E-state index is 13.3.